The Bertz CT molecular complexity index is 203. The second-order valence-electron chi connectivity index (χ2n) is 4.96. The van der Waals surface area contributed by atoms with Gasteiger partial charge in [0.1, 0.15) is 0 Å². The monoisotopic (exact) mass is 304 g/mol. The highest BCUT2D eigenvalue weighted by Crippen LogP contribution is 2.11. The van der Waals surface area contributed by atoms with E-state index in [1.807, 2.05) is 0 Å². The average molecular weight is 304 g/mol. The summed E-state index contributed by atoms with van der Waals surface area (Å²) in [4.78, 5) is 13.7. The molecule has 1 saturated heterocycles. The summed E-state index contributed by atoms with van der Waals surface area (Å²) in [5.74, 6) is -1.03. The summed E-state index contributed by atoms with van der Waals surface area (Å²) in [7, 11) is 0. The molecule has 0 saturated carbocycles. The summed E-state index contributed by atoms with van der Waals surface area (Å²) in [5, 5.41) is 9.66. The predicted molar refractivity (Wildman–Crippen MR) is 85.4 cm³/mol. The zero-order valence-electron chi connectivity index (χ0n) is 14.9. The third-order valence-electron chi connectivity index (χ3n) is 3.64. The van der Waals surface area contributed by atoms with Crippen LogP contribution in [-0.2, 0) is 9.53 Å². The Morgan fingerprint density at radius 3 is 1.48 bits per heavy atom. The van der Waals surface area contributed by atoms with Gasteiger partial charge in [0.15, 0.2) is 0 Å². The Kier molecular flexibility index (Phi) is 17.0. The van der Waals surface area contributed by atoms with Crippen LogP contribution in [0.25, 0.3) is 0 Å². The predicted octanol–water partition coefficient (Wildman–Crippen LogP) is -0.196. The van der Waals surface area contributed by atoms with Crippen LogP contribution in [0, 0.1) is 0 Å². The second-order valence-corrected chi connectivity index (χ2v) is 4.96. The summed E-state index contributed by atoms with van der Waals surface area (Å²) < 4.78 is 4.60. The van der Waals surface area contributed by atoms with Gasteiger partial charge in [-0.2, -0.15) is 0 Å². The Morgan fingerprint density at radius 2 is 1.43 bits per heavy atom. The largest absolute Gasteiger partial charge is 0.550 e. The molecule has 0 bridgehead atoms. The number of carbonyl (C=O) groups is 1. The van der Waals surface area contributed by atoms with Crippen LogP contribution >= 0.6 is 0 Å². The molecule has 1 aliphatic heterocycles. The lowest BCUT2D eigenvalue weighted by Gasteiger charge is -2.13. The molecule has 0 amide bonds. The van der Waals surface area contributed by atoms with E-state index in [2.05, 4.69) is 51.2 Å². The maximum Gasteiger partial charge on any atom is 0.0861 e. The van der Waals surface area contributed by atoms with Crippen molar-refractivity contribution in [2.24, 2.45) is 0 Å². The highest BCUT2D eigenvalue weighted by atomic mass is 16.6. The van der Waals surface area contributed by atoms with Gasteiger partial charge in [-0.3, -0.25) is 0 Å². The lowest BCUT2D eigenvalue weighted by atomic mass is 10.3. The van der Waals surface area contributed by atoms with Gasteiger partial charge in [-0.15, -0.1) is 0 Å². The molecule has 1 rings (SSSR count). The van der Waals surface area contributed by atoms with Gasteiger partial charge in [0.25, 0.3) is 0 Å². The van der Waals surface area contributed by atoms with Crippen LogP contribution in [0.3, 0.4) is 0 Å². The molecule has 5 heteroatoms. The van der Waals surface area contributed by atoms with Crippen molar-refractivity contribution in [3.8, 4) is 0 Å². The maximum absolute atomic E-state index is 9.66. The summed E-state index contributed by atoms with van der Waals surface area (Å²) in [6, 6.07) is 0. The SMILES string of the molecule is CCN(CC)CC.CC[NH+](CC)CC.O=C([O-])C[C@@H]1CO1. The van der Waals surface area contributed by atoms with Crippen molar-refractivity contribution < 1.29 is 19.5 Å². The van der Waals surface area contributed by atoms with E-state index >= 15 is 0 Å². The van der Waals surface area contributed by atoms with Gasteiger partial charge in [0.2, 0.25) is 0 Å². The minimum atomic E-state index is -1.03. The van der Waals surface area contributed by atoms with Crippen molar-refractivity contribution in [1.29, 1.82) is 0 Å². The maximum atomic E-state index is 9.66. The molecule has 21 heavy (non-hydrogen) atoms. The third-order valence-corrected chi connectivity index (χ3v) is 3.64. The van der Waals surface area contributed by atoms with Gasteiger partial charge in [-0.1, -0.05) is 20.8 Å². The van der Waals surface area contributed by atoms with E-state index in [0.29, 0.717) is 6.61 Å². The number of epoxide rings is 1. The summed E-state index contributed by atoms with van der Waals surface area (Å²) in [6.45, 7) is 21.2. The molecule has 1 atom stereocenters. The number of carboxylic acid groups (broad SMARTS) is 1. The fourth-order valence-electron chi connectivity index (χ4n) is 1.79. The zero-order chi connectivity index (χ0) is 16.7. The van der Waals surface area contributed by atoms with E-state index in [1.54, 1.807) is 4.90 Å². The molecule has 128 valence electrons. The highest BCUT2D eigenvalue weighted by Gasteiger charge is 2.21. The molecule has 1 N–H and O–H groups in total. The fourth-order valence-corrected chi connectivity index (χ4v) is 1.79. The van der Waals surface area contributed by atoms with Crippen LogP contribution in [0.2, 0.25) is 0 Å². The standard InChI is InChI=1S/2C6H15N.C4H6O3/c2*1-4-7(5-2)6-3;5-4(6)1-3-2-7-3/h2*4-6H2,1-3H3;3H,1-2H2,(H,5,6)/t;;3-/m..1/s1. The van der Waals surface area contributed by atoms with Crippen LogP contribution in [0.4, 0.5) is 0 Å². The Morgan fingerprint density at radius 1 is 1.05 bits per heavy atom. The van der Waals surface area contributed by atoms with Crippen LogP contribution in [0.5, 0.6) is 0 Å². The number of rotatable bonds is 8. The third kappa shape index (κ3) is 17.3. The number of hydrogen-bond donors (Lipinski definition) is 1. The molecule has 0 spiro atoms. The van der Waals surface area contributed by atoms with Gasteiger partial charge in [0.05, 0.1) is 32.3 Å². The Hall–Kier alpha value is -0.650. The minimum Gasteiger partial charge on any atom is -0.550 e. The minimum absolute atomic E-state index is 0.0370. The molecule has 1 fully saturated rings. The molecule has 0 aromatic carbocycles. The normalized spacial score (nSPS) is 15.9. The van der Waals surface area contributed by atoms with E-state index in [0.717, 1.165) is 0 Å². The number of quaternary nitrogens is 1. The molecular weight excluding hydrogens is 268 g/mol. The molecule has 0 aliphatic carbocycles. The topological polar surface area (TPSA) is 60.3 Å². The number of aliphatic carboxylic acids is 1. The van der Waals surface area contributed by atoms with Crippen molar-refractivity contribution >= 4 is 5.97 Å². The van der Waals surface area contributed by atoms with E-state index in [4.69, 9.17) is 0 Å². The number of nitrogens with zero attached hydrogens (tertiary/aromatic N) is 1. The van der Waals surface area contributed by atoms with Gasteiger partial charge in [-0.05, 0) is 40.4 Å². The van der Waals surface area contributed by atoms with Crippen molar-refractivity contribution in [3.05, 3.63) is 0 Å². The molecule has 1 aliphatic rings. The summed E-state index contributed by atoms with van der Waals surface area (Å²) in [6.07, 6.45) is 0.0185. The smallest absolute Gasteiger partial charge is 0.0861 e. The van der Waals surface area contributed by atoms with Gasteiger partial charge < -0.3 is 24.4 Å². The lowest BCUT2D eigenvalue weighted by molar-refractivity contribution is -0.894. The first-order valence-electron chi connectivity index (χ1n) is 8.35. The second kappa shape index (κ2) is 15.7. The zero-order valence-corrected chi connectivity index (χ0v) is 14.9. The average Bonchev–Trinajstić information content (AvgIpc) is 3.27. The number of ether oxygens (including phenoxy) is 1. The fraction of sp³-hybridized carbons (Fsp3) is 0.938. The van der Waals surface area contributed by atoms with Crippen molar-refractivity contribution in [3.63, 3.8) is 0 Å². The van der Waals surface area contributed by atoms with Crippen LogP contribution in [-0.4, -0.2) is 62.8 Å². The lowest BCUT2D eigenvalue weighted by Crippen LogP contribution is -3.11. The van der Waals surface area contributed by atoms with Crippen molar-refractivity contribution in [1.82, 2.24) is 4.90 Å². The number of carboxylic acids is 1. The summed E-state index contributed by atoms with van der Waals surface area (Å²) >= 11 is 0. The van der Waals surface area contributed by atoms with Crippen molar-refractivity contribution in [2.75, 3.05) is 45.9 Å². The van der Waals surface area contributed by atoms with Gasteiger partial charge in [0, 0.05) is 12.4 Å². The van der Waals surface area contributed by atoms with Crippen molar-refractivity contribution in [2.45, 2.75) is 54.1 Å². The Labute approximate surface area is 131 Å². The highest BCUT2D eigenvalue weighted by molar-refractivity contribution is 5.65. The first-order valence-corrected chi connectivity index (χ1v) is 8.35. The first kappa shape index (κ1) is 22.6. The van der Waals surface area contributed by atoms with Crippen LogP contribution in [0.1, 0.15) is 48.0 Å². The molecule has 5 nitrogen and oxygen atoms in total. The van der Waals surface area contributed by atoms with Gasteiger partial charge >= 0.3 is 0 Å². The van der Waals surface area contributed by atoms with Gasteiger partial charge in [-0.25, -0.2) is 0 Å². The molecule has 0 radical (unpaired) electrons. The van der Waals surface area contributed by atoms with E-state index in [9.17, 15) is 9.90 Å². The number of nitrogens with one attached hydrogen (secondary N) is 1. The molecule has 0 aromatic heterocycles. The quantitative estimate of drug-likeness (QED) is 0.631. The molecule has 0 unspecified atom stereocenters. The molecular formula is C16H36N2O3. The first-order chi connectivity index (χ1) is 9.98. The van der Waals surface area contributed by atoms with Crippen LogP contribution in [0.15, 0.2) is 0 Å². The number of hydrogen-bond acceptors (Lipinski definition) is 4. The van der Waals surface area contributed by atoms with E-state index in [-0.39, 0.29) is 12.5 Å². The molecule has 1 heterocycles. The molecule has 0 aromatic rings. The van der Waals surface area contributed by atoms with Crippen LogP contribution < -0.4 is 10.0 Å². The van der Waals surface area contributed by atoms with E-state index < -0.39 is 5.97 Å². The number of carbonyl (C=O) groups excluding carboxylic acids is 1. The Balaban J connectivity index is 0. The van der Waals surface area contributed by atoms with E-state index in [1.165, 1.54) is 39.3 Å². The summed E-state index contributed by atoms with van der Waals surface area (Å²) in [5.41, 5.74) is 0.